The standard InChI is InChI=1S/C9H19N5O2S/c1-9(2,17(4,15)16)8(11-10)5-7-6-14(3)13-12-7/h6,8,11H,5,10H2,1-4H3. The van der Waals surface area contributed by atoms with Gasteiger partial charge in [-0.3, -0.25) is 16.0 Å². The van der Waals surface area contributed by atoms with Gasteiger partial charge in [-0.25, -0.2) is 8.42 Å². The van der Waals surface area contributed by atoms with Crippen LogP contribution < -0.4 is 11.3 Å². The number of hydrazine groups is 1. The fourth-order valence-corrected chi connectivity index (χ4v) is 2.13. The molecule has 1 aromatic rings. The number of nitrogens with zero attached hydrogens (tertiary/aromatic N) is 3. The molecule has 98 valence electrons. The summed E-state index contributed by atoms with van der Waals surface area (Å²) in [7, 11) is -1.47. The van der Waals surface area contributed by atoms with Gasteiger partial charge in [0.15, 0.2) is 9.84 Å². The van der Waals surface area contributed by atoms with E-state index in [0.29, 0.717) is 12.1 Å². The predicted octanol–water partition coefficient (Wildman–Crippen LogP) is -0.987. The van der Waals surface area contributed by atoms with Crippen molar-refractivity contribution in [2.75, 3.05) is 6.26 Å². The number of hydrogen-bond donors (Lipinski definition) is 2. The van der Waals surface area contributed by atoms with Gasteiger partial charge in [0.2, 0.25) is 0 Å². The predicted molar refractivity (Wildman–Crippen MR) is 64.7 cm³/mol. The first-order valence-electron chi connectivity index (χ1n) is 5.19. The molecule has 0 bridgehead atoms. The van der Waals surface area contributed by atoms with Crippen molar-refractivity contribution in [1.29, 1.82) is 0 Å². The molecule has 0 fully saturated rings. The molecular formula is C9H19N5O2S. The highest BCUT2D eigenvalue weighted by Gasteiger charge is 2.38. The highest BCUT2D eigenvalue weighted by atomic mass is 32.2. The molecule has 0 aliphatic heterocycles. The van der Waals surface area contributed by atoms with E-state index in [-0.39, 0.29) is 0 Å². The van der Waals surface area contributed by atoms with Gasteiger partial charge in [-0.2, -0.15) is 0 Å². The second kappa shape index (κ2) is 4.71. The largest absolute Gasteiger partial charge is 0.271 e. The van der Waals surface area contributed by atoms with Gasteiger partial charge in [-0.15, -0.1) is 5.10 Å². The average molecular weight is 261 g/mol. The molecule has 17 heavy (non-hydrogen) atoms. The van der Waals surface area contributed by atoms with Crippen LogP contribution in [0.2, 0.25) is 0 Å². The lowest BCUT2D eigenvalue weighted by Crippen LogP contribution is -2.55. The Morgan fingerprint density at radius 1 is 1.59 bits per heavy atom. The third kappa shape index (κ3) is 3.02. The van der Waals surface area contributed by atoms with E-state index in [0.717, 1.165) is 0 Å². The Bertz CT molecular complexity index is 479. The highest BCUT2D eigenvalue weighted by molar-refractivity contribution is 7.92. The lowest BCUT2D eigenvalue weighted by Gasteiger charge is -2.31. The van der Waals surface area contributed by atoms with E-state index >= 15 is 0 Å². The zero-order valence-electron chi connectivity index (χ0n) is 10.5. The first-order valence-corrected chi connectivity index (χ1v) is 7.08. The Morgan fingerprint density at radius 2 is 2.18 bits per heavy atom. The number of sulfone groups is 1. The third-order valence-corrected chi connectivity index (χ3v) is 5.26. The van der Waals surface area contributed by atoms with E-state index in [1.165, 1.54) is 6.26 Å². The van der Waals surface area contributed by atoms with Crippen LogP contribution in [0.5, 0.6) is 0 Å². The van der Waals surface area contributed by atoms with E-state index in [4.69, 9.17) is 5.84 Å². The molecule has 0 aliphatic carbocycles. The lowest BCUT2D eigenvalue weighted by atomic mass is 9.99. The van der Waals surface area contributed by atoms with Crippen LogP contribution in [0.1, 0.15) is 19.5 Å². The van der Waals surface area contributed by atoms with Crippen LogP contribution >= 0.6 is 0 Å². The summed E-state index contributed by atoms with van der Waals surface area (Å²) in [4.78, 5) is 0. The van der Waals surface area contributed by atoms with E-state index in [2.05, 4.69) is 15.7 Å². The molecular weight excluding hydrogens is 242 g/mol. The second-order valence-electron chi connectivity index (χ2n) is 4.68. The zero-order chi connectivity index (χ0) is 13.3. The molecule has 0 saturated carbocycles. The van der Waals surface area contributed by atoms with Crippen LogP contribution in [-0.2, 0) is 23.3 Å². The monoisotopic (exact) mass is 261 g/mol. The van der Waals surface area contributed by atoms with E-state index in [1.54, 1.807) is 31.8 Å². The Morgan fingerprint density at radius 3 is 2.53 bits per heavy atom. The topological polar surface area (TPSA) is 103 Å². The van der Waals surface area contributed by atoms with Gasteiger partial charge in [-0.05, 0) is 13.8 Å². The molecule has 0 aliphatic rings. The molecule has 1 aromatic heterocycles. The number of nitrogens with two attached hydrogens (primary N) is 1. The molecule has 0 radical (unpaired) electrons. The maximum atomic E-state index is 11.7. The zero-order valence-corrected chi connectivity index (χ0v) is 11.3. The number of rotatable bonds is 5. The minimum absolute atomic E-state index is 0.407. The van der Waals surface area contributed by atoms with E-state index < -0.39 is 20.6 Å². The molecule has 1 heterocycles. The normalized spacial score (nSPS) is 14.9. The molecule has 1 atom stereocenters. The van der Waals surface area contributed by atoms with Gasteiger partial charge >= 0.3 is 0 Å². The summed E-state index contributed by atoms with van der Waals surface area (Å²) in [6.45, 7) is 3.28. The van der Waals surface area contributed by atoms with Gasteiger partial charge in [0.05, 0.1) is 10.4 Å². The molecule has 0 spiro atoms. The summed E-state index contributed by atoms with van der Waals surface area (Å²) in [5.74, 6) is 5.44. The fourth-order valence-electron chi connectivity index (χ4n) is 1.46. The maximum absolute atomic E-state index is 11.7. The molecule has 8 heteroatoms. The number of aryl methyl sites for hydroxylation is 1. The first kappa shape index (κ1) is 14.1. The van der Waals surface area contributed by atoms with Crippen molar-refractivity contribution in [3.63, 3.8) is 0 Å². The fraction of sp³-hybridized carbons (Fsp3) is 0.778. The molecule has 0 saturated heterocycles. The Hall–Kier alpha value is -0.990. The highest BCUT2D eigenvalue weighted by Crippen LogP contribution is 2.22. The summed E-state index contributed by atoms with van der Waals surface area (Å²) >= 11 is 0. The van der Waals surface area contributed by atoms with Crippen molar-refractivity contribution in [3.05, 3.63) is 11.9 Å². The molecule has 1 rings (SSSR count). The summed E-state index contributed by atoms with van der Waals surface area (Å²) < 4.78 is 24.0. The van der Waals surface area contributed by atoms with Crippen molar-refractivity contribution < 1.29 is 8.42 Å². The minimum atomic E-state index is -3.22. The van der Waals surface area contributed by atoms with Crippen molar-refractivity contribution in [1.82, 2.24) is 20.4 Å². The molecule has 0 aromatic carbocycles. The van der Waals surface area contributed by atoms with Gasteiger partial charge in [-0.1, -0.05) is 5.21 Å². The van der Waals surface area contributed by atoms with Crippen molar-refractivity contribution in [3.8, 4) is 0 Å². The SMILES string of the molecule is Cn1cc(CC(NN)C(C)(C)S(C)(=O)=O)nn1. The van der Waals surface area contributed by atoms with Crippen LogP contribution in [0.3, 0.4) is 0 Å². The maximum Gasteiger partial charge on any atom is 0.154 e. The Balaban J connectivity index is 2.93. The smallest absolute Gasteiger partial charge is 0.154 e. The second-order valence-corrected chi connectivity index (χ2v) is 7.28. The van der Waals surface area contributed by atoms with Gasteiger partial charge in [0, 0.05) is 32.0 Å². The molecule has 0 amide bonds. The van der Waals surface area contributed by atoms with E-state index in [9.17, 15) is 8.42 Å². The van der Waals surface area contributed by atoms with Crippen molar-refractivity contribution >= 4 is 9.84 Å². The van der Waals surface area contributed by atoms with Crippen molar-refractivity contribution in [2.45, 2.75) is 31.1 Å². The molecule has 1 unspecified atom stereocenters. The van der Waals surface area contributed by atoms with Gasteiger partial charge < -0.3 is 0 Å². The van der Waals surface area contributed by atoms with Crippen LogP contribution in [-0.4, -0.2) is 40.5 Å². The van der Waals surface area contributed by atoms with Crippen LogP contribution in [0.15, 0.2) is 6.20 Å². The Labute approximate surface area is 101 Å². The minimum Gasteiger partial charge on any atom is -0.271 e. The number of hydrogen-bond acceptors (Lipinski definition) is 6. The summed E-state index contributed by atoms with van der Waals surface area (Å²) in [5.41, 5.74) is 3.25. The Kier molecular flexibility index (Phi) is 3.90. The molecule has 3 N–H and O–H groups in total. The third-order valence-electron chi connectivity index (χ3n) is 3.06. The van der Waals surface area contributed by atoms with Crippen molar-refractivity contribution in [2.24, 2.45) is 12.9 Å². The van der Waals surface area contributed by atoms with Crippen LogP contribution in [0.25, 0.3) is 0 Å². The number of aromatic nitrogens is 3. The van der Waals surface area contributed by atoms with Gasteiger partial charge in [0.1, 0.15) is 0 Å². The average Bonchev–Trinajstić information content (AvgIpc) is 2.58. The summed E-state index contributed by atoms with van der Waals surface area (Å²) in [6, 6.07) is -0.422. The first-order chi connectivity index (χ1) is 7.68. The summed E-state index contributed by atoms with van der Waals surface area (Å²) in [6.07, 6.45) is 3.35. The number of nitrogens with one attached hydrogen (secondary N) is 1. The van der Waals surface area contributed by atoms with Gasteiger partial charge in [0.25, 0.3) is 0 Å². The quantitative estimate of drug-likeness (QED) is 0.521. The van der Waals surface area contributed by atoms with E-state index in [1.807, 2.05) is 0 Å². The van der Waals surface area contributed by atoms with Crippen LogP contribution in [0.4, 0.5) is 0 Å². The van der Waals surface area contributed by atoms with Crippen LogP contribution in [0, 0.1) is 0 Å². The molecule has 7 nitrogen and oxygen atoms in total. The summed E-state index contributed by atoms with van der Waals surface area (Å²) in [5, 5.41) is 7.72. The lowest BCUT2D eigenvalue weighted by molar-refractivity contribution is 0.410.